The fourth-order valence-corrected chi connectivity index (χ4v) is 4.75. The normalized spacial score (nSPS) is 25.3. The van der Waals surface area contributed by atoms with Gasteiger partial charge in [0.2, 0.25) is 0 Å². The first-order valence-electron chi connectivity index (χ1n) is 8.26. The molecule has 1 aliphatic heterocycles. The van der Waals surface area contributed by atoms with E-state index >= 15 is 0 Å². The van der Waals surface area contributed by atoms with Crippen molar-refractivity contribution in [3.8, 4) is 0 Å². The number of aliphatic hydroxyl groups is 3. The molecule has 0 spiro atoms. The predicted octanol–water partition coefficient (Wildman–Crippen LogP) is 1.33. The van der Waals surface area contributed by atoms with Gasteiger partial charge < -0.3 is 20.1 Å². The van der Waals surface area contributed by atoms with Crippen LogP contribution in [0.25, 0.3) is 11.2 Å². The van der Waals surface area contributed by atoms with Gasteiger partial charge in [0, 0.05) is 14.2 Å². The van der Waals surface area contributed by atoms with Crippen molar-refractivity contribution in [1.29, 1.82) is 0 Å². The summed E-state index contributed by atoms with van der Waals surface area (Å²) in [5.41, 5.74) is 1.90. The molecule has 142 valence electrons. The second kappa shape index (κ2) is 7.97. The average molecular weight is 500 g/mol. The van der Waals surface area contributed by atoms with Crippen molar-refractivity contribution in [3.63, 3.8) is 0 Å². The van der Waals surface area contributed by atoms with Gasteiger partial charge in [-0.15, -0.1) is 11.8 Å². The maximum atomic E-state index is 10.3. The van der Waals surface area contributed by atoms with Gasteiger partial charge in [-0.05, 0) is 34.7 Å². The number of imidazole rings is 1. The van der Waals surface area contributed by atoms with Gasteiger partial charge in [0.1, 0.15) is 30.2 Å². The van der Waals surface area contributed by atoms with Crippen LogP contribution in [0.15, 0.2) is 41.8 Å². The lowest BCUT2D eigenvalue weighted by Gasteiger charge is -2.16. The molecule has 4 rings (SSSR count). The molecule has 3 heterocycles. The van der Waals surface area contributed by atoms with Crippen molar-refractivity contribution in [2.75, 3.05) is 6.61 Å². The fraction of sp³-hybridized carbons (Fsp3) is 0.353. The second-order valence-electron chi connectivity index (χ2n) is 6.09. The lowest BCUT2D eigenvalue weighted by molar-refractivity contribution is -0.0511. The van der Waals surface area contributed by atoms with Crippen molar-refractivity contribution >= 4 is 45.5 Å². The van der Waals surface area contributed by atoms with E-state index in [1.54, 1.807) is 16.3 Å². The SMILES string of the molecule is OC[C@H]1O[C@@H](n2cnc3c(CSc4ccccc4I)ncnc32)[C@H](O)[C@@H]1O. The summed E-state index contributed by atoms with van der Waals surface area (Å²) in [5, 5.41) is 29.5. The van der Waals surface area contributed by atoms with Crippen molar-refractivity contribution in [2.24, 2.45) is 0 Å². The summed E-state index contributed by atoms with van der Waals surface area (Å²) in [6, 6.07) is 8.10. The zero-order valence-electron chi connectivity index (χ0n) is 14.0. The Hall–Kier alpha value is -1.31. The molecule has 10 heteroatoms. The average Bonchev–Trinajstić information content (AvgIpc) is 3.23. The van der Waals surface area contributed by atoms with Crippen LogP contribution in [-0.4, -0.2) is 59.8 Å². The van der Waals surface area contributed by atoms with E-state index in [9.17, 15) is 15.3 Å². The van der Waals surface area contributed by atoms with E-state index in [0.29, 0.717) is 16.9 Å². The molecule has 0 bridgehead atoms. The number of ether oxygens (including phenoxy) is 1. The van der Waals surface area contributed by atoms with Crippen molar-refractivity contribution in [3.05, 3.63) is 46.2 Å². The van der Waals surface area contributed by atoms with Crippen LogP contribution in [0.5, 0.6) is 0 Å². The first kappa shape index (κ1) is 19.0. The van der Waals surface area contributed by atoms with Crippen LogP contribution in [0.2, 0.25) is 0 Å². The van der Waals surface area contributed by atoms with Crippen LogP contribution < -0.4 is 0 Å². The maximum Gasteiger partial charge on any atom is 0.165 e. The highest BCUT2D eigenvalue weighted by molar-refractivity contribution is 14.1. The molecule has 2 aromatic heterocycles. The maximum absolute atomic E-state index is 10.3. The molecule has 0 amide bonds. The van der Waals surface area contributed by atoms with Gasteiger partial charge >= 0.3 is 0 Å². The minimum atomic E-state index is -1.18. The van der Waals surface area contributed by atoms with Gasteiger partial charge in [-0.25, -0.2) is 15.0 Å². The van der Waals surface area contributed by atoms with E-state index in [2.05, 4.69) is 49.7 Å². The number of aromatic nitrogens is 4. The van der Waals surface area contributed by atoms with E-state index in [0.717, 1.165) is 10.6 Å². The number of fused-ring (bicyclic) bond motifs is 1. The van der Waals surface area contributed by atoms with Crippen molar-refractivity contribution in [2.45, 2.75) is 35.2 Å². The molecule has 3 N–H and O–H groups in total. The Bertz CT molecular complexity index is 956. The molecule has 0 unspecified atom stereocenters. The Morgan fingerprint density at radius 1 is 1.15 bits per heavy atom. The van der Waals surface area contributed by atoms with Crippen molar-refractivity contribution < 1.29 is 20.1 Å². The van der Waals surface area contributed by atoms with Gasteiger partial charge in [0.15, 0.2) is 11.9 Å². The number of hydrogen-bond donors (Lipinski definition) is 3. The summed E-state index contributed by atoms with van der Waals surface area (Å²) in [7, 11) is 0. The Morgan fingerprint density at radius 3 is 2.70 bits per heavy atom. The predicted molar refractivity (Wildman–Crippen MR) is 107 cm³/mol. The van der Waals surface area contributed by atoms with Crippen LogP contribution in [-0.2, 0) is 10.5 Å². The van der Waals surface area contributed by atoms with E-state index < -0.39 is 24.5 Å². The lowest BCUT2D eigenvalue weighted by atomic mass is 10.1. The Kier molecular flexibility index (Phi) is 5.62. The molecular weight excluding hydrogens is 483 g/mol. The third kappa shape index (κ3) is 3.57. The van der Waals surface area contributed by atoms with Crippen molar-refractivity contribution in [1.82, 2.24) is 19.5 Å². The molecule has 1 fully saturated rings. The molecule has 27 heavy (non-hydrogen) atoms. The minimum Gasteiger partial charge on any atom is -0.394 e. The third-order valence-corrected chi connectivity index (χ3v) is 6.82. The number of aliphatic hydroxyl groups excluding tert-OH is 3. The molecule has 0 saturated carbocycles. The highest BCUT2D eigenvalue weighted by Crippen LogP contribution is 2.33. The Morgan fingerprint density at radius 2 is 1.96 bits per heavy atom. The van der Waals surface area contributed by atoms with Crippen LogP contribution in [0.3, 0.4) is 0 Å². The third-order valence-electron chi connectivity index (χ3n) is 4.43. The van der Waals surface area contributed by atoms with Crippen LogP contribution in [0.1, 0.15) is 11.9 Å². The molecule has 1 aliphatic rings. The summed E-state index contributed by atoms with van der Waals surface area (Å²) in [6.45, 7) is -0.381. The molecule has 3 aromatic rings. The summed E-state index contributed by atoms with van der Waals surface area (Å²) in [5.74, 6) is 0.617. The smallest absolute Gasteiger partial charge is 0.165 e. The Labute approximate surface area is 172 Å². The Balaban J connectivity index is 1.61. The van der Waals surface area contributed by atoms with Gasteiger partial charge in [-0.2, -0.15) is 0 Å². The first-order valence-corrected chi connectivity index (χ1v) is 10.3. The zero-order chi connectivity index (χ0) is 19.0. The van der Waals surface area contributed by atoms with Crippen LogP contribution in [0.4, 0.5) is 0 Å². The number of nitrogens with zero attached hydrogens (tertiary/aromatic N) is 4. The second-order valence-corrected chi connectivity index (χ2v) is 8.27. The van der Waals surface area contributed by atoms with E-state index in [1.165, 1.54) is 16.2 Å². The quantitative estimate of drug-likeness (QED) is 0.356. The van der Waals surface area contributed by atoms with Gasteiger partial charge in [-0.1, -0.05) is 12.1 Å². The summed E-state index contributed by atoms with van der Waals surface area (Å²) < 4.78 is 8.32. The number of halogens is 1. The molecular formula is C17H17IN4O4S. The topological polar surface area (TPSA) is 114 Å². The van der Waals surface area contributed by atoms with E-state index in [1.807, 2.05) is 12.1 Å². The highest BCUT2D eigenvalue weighted by atomic mass is 127. The van der Waals surface area contributed by atoms with Gasteiger partial charge in [-0.3, -0.25) is 4.57 Å². The van der Waals surface area contributed by atoms with Crippen LogP contribution in [0, 0.1) is 3.57 Å². The summed E-state index contributed by atoms with van der Waals surface area (Å²) in [6.07, 6.45) is -1.10. The molecule has 0 aliphatic carbocycles. The standard InChI is InChI=1S/C17H17IN4O4S/c18-9-3-1-2-4-12(9)27-6-10-13-16(20-7-19-10)22(8-21-13)17-15(25)14(24)11(5-23)26-17/h1-4,7-8,11,14-15,17,23-25H,5-6H2/t11-,14-,15-,17-/m1/s1. The fourth-order valence-electron chi connectivity index (χ4n) is 3.01. The largest absolute Gasteiger partial charge is 0.394 e. The molecule has 8 nitrogen and oxygen atoms in total. The van der Waals surface area contributed by atoms with E-state index in [-0.39, 0.29) is 6.61 Å². The van der Waals surface area contributed by atoms with Crippen LogP contribution >= 0.6 is 34.4 Å². The molecule has 4 atom stereocenters. The number of benzene rings is 1. The summed E-state index contributed by atoms with van der Waals surface area (Å²) >= 11 is 3.96. The monoisotopic (exact) mass is 500 g/mol. The van der Waals surface area contributed by atoms with E-state index in [4.69, 9.17) is 4.74 Å². The molecule has 1 aromatic carbocycles. The zero-order valence-corrected chi connectivity index (χ0v) is 17.0. The molecule has 1 saturated heterocycles. The summed E-state index contributed by atoms with van der Waals surface area (Å²) in [4.78, 5) is 14.2. The van der Waals surface area contributed by atoms with Gasteiger partial charge in [0.25, 0.3) is 0 Å². The minimum absolute atomic E-state index is 0.381. The number of thioether (sulfide) groups is 1. The first-order chi connectivity index (χ1) is 13.1. The molecule has 0 radical (unpaired) electrons. The number of hydrogen-bond acceptors (Lipinski definition) is 8. The van der Waals surface area contributed by atoms with Gasteiger partial charge in [0.05, 0.1) is 18.6 Å². The lowest BCUT2D eigenvalue weighted by Crippen LogP contribution is -2.33. The highest BCUT2D eigenvalue weighted by Gasteiger charge is 2.44. The number of rotatable bonds is 5.